The smallest absolute Gasteiger partial charge is 0.193 e. The van der Waals surface area contributed by atoms with Crippen LogP contribution in [0.5, 0.6) is 0 Å². The molecule has 1 atom stereocenters. The molecule has 0 aromatic heterocycles. The lowest BCUT2D eigenvalue weighted by molar-refractivity contribution is 0.310. The third-order valence-corrected chi connectivity index (χ3v) is 6.04. The molecule has 3 nitrogen and oxygen atoms in total. The van der Waals surface area contributed by atoms with E-state index in [0.29, 0.717) is 0 Å². The highest BCUT2D eigenvalue weighted by Crippen LogP contribution is 2.27. The van der Waals surface area contributed by atoms with Gasteiger partial charge in [0.25, 0.3) is 0 Å². The zero-order chi connectivity index (χ0) is 15.2. The first kappa shape index (κ1) is 18.9. The Morgan fingerprint density at radius 1 is 1.22 bits per heavy atom. The Balaban J connectivity index is 0.00000192. The van der Waals surface area contributed by atoms with Crippen LogP contribution in [0.25, 0.3) is 0 Å². The molecule has 1 unspecified atom stereocenters. The normalized spacial score (nSPS) is 21.7. The van der Waals surface area contributed by atoms with Crippen LogP contribution in [0.15, 0.2) is 40.2 Å². The van der Waals surface area contributed by atoms with E-state index in [1.54, 1.807) is 0 Å². The fraction of sp³-hybridized carbons (Fsp3) is 0.611. The van der Waals surface area contributed by atoms with Crippen LogP contribution in [0.2, 0.25) is 0 Å². The number of aliphatic imine (C=N–C) groups is 1. The lowest BCUT2D eigenvalue weighted by Gasteiger charge is -2.28. The van der Waals surface area contributed by atoms with E-state index in [1.807, 2.05) is 18.8 Å². The summed E-state index contributed by atoms with van der Waals surface area (Å²) < 4.78 is 0. The summed E-state index contributed by atoms with van der Waals surface area (Å²) in [5, 5.41) is 3.58. The molecule has 5 heteroatoms. The van der Waals surface area contributed by atoms with E-state index < -0.39 is 0 Å². The Labute approximate surface area is 161 Å². The van der Waals surface area contributed by atoms with Crippen LogP contribution in [0.1, 0.15) is 25.7 Å². The number of rotatable bonds is 5. The van der Waals surface area contributed by atoms with Gasteiger partial charge in [-0.2, -0.15) is 0 Å². The maximum absolute atomic E-state index is 4.48. The Morgan fingerprint density at radius 3 is 2.65 bits per heavy atom. The molecule has 1 aromatic carbocycles. The molecule has 3 rings (SSSR count). The molecule has 1 heterocycles. The van der Waals surface area contributed by atoms with E-state index >= 15 is 0 Å². The van der Waals surface area contributed by atoms with Crippen molar-refractivity contribution in [3.8, 4) is 0 Å². The second-order valence-electron chi connectivity index (χ2n) is 6.45. The first-order valence-corrected chi connectivity index (χ1v) is 9.47. The maximum Gasteiger partial charge on any atom is 0.193 e. The predicted molar refractivity (Wildman–Crippen MR) is 111 cm³/mol. The second kappa shape index (κ2) is 9.77. The minimum atomic E-state index is 0. The zero-order valence-electron chi connectivity index (χ0n) is 13.9. The highest BCUT2D eigenvalue weighted by molar-refractivity contribution is 14.0. The number of hydrogen-bond acceptors (Lipinski definition) is 2. The largest absolute Gasteiger partial charge is 0.356 e. The molecular weight excluding hydrogens is 417 g/mol. The Kier molecular flexibility index (Phi) is 8.03. The first-order valence-electron chi connectivity index (χ1n) is 8.48. The van der Waals surface area contributed by atoms with Gasteiger partial charge in [-0.3, -0.25) is 4.99 Å². The molecule has 1 N–H and O–H groups in total. The van der Waals surface area contributed by atoms with E-state index in [-0.39, 0.29) is 24.0 Å². The number of hydrogen-bond donors (Lipinski definition) is 1. The van der Waals surface area contributed by atoms with Gasteiger partial charge in [-0.05, 0) is 43.2 Å². The van der Waals surface area contributed by atoms with Gasteiger partial charge in [0.15, 0.2) is 5.96 Å². The molecule has 23 heavy (non-hydrogen) atoms. The number of nitrogens with zero attached hydrogens (tertiary/aromatic N) is 2. The molecule has 1 aromatic rings. The third-order valence-electron chi connectivity index (χ3n) is 4.80. The molecule has 0 amide bonds. The lowest BCUT2D eigenvalue weighted by atomic mass is 9.85. The van der Waals surface area contributed by atoms with Crippen molar-refractivity contribution in [1.29, 1.82) is 0 Å². The summed E-state index contributed by atoms with van der Waals surface area (Å²) in [4.78, 5) is 8.30. The van der Waals surface area contributed by atoms with Crippen LogP contribution in [-0.2, 0) is 0 Å². The molecule has 1 saturated carbocycles. The summed E-state index contributed by atoms with van der Waals surface area (Å²) in [6.07, 6.45) is 5.47. The standard InChI is InChI=1S/C18H27N3S.HI/c1-19-18(20-12-15-6-5-7-15)21-11-10-16(13-21)14-22-17-8-3-2-4-9-17;/h2-4,8-9,15-16H,5-7,10-14H2,1H3,(H,19,20);1H. The highest BCUT2D eigenvalue weighted by Gasteiger charge is 2.26. The van der Waals surface area contributed by atoms with Crippen molar-refractivity contribution >= 4 is 41.7 Å². The van der Waals surface area contributed by atoms with Gasteiger partial charge in [-0.15, -0.1) is 35.7 Å². The van der Waals surface area contributed by atoms with E-state index in [4.69, 9.17) is 0 Å². The van der Waals surface area contributed by atoms with E-state index in [1.165, 1.54) is 36.3 Å². The molecule has 2 fully saturated rings. The topological polar surface area (TPSA) is 27.6 Å². The lowest BCUT2D eigenvalue weighted by Crippen LogP contribution is -2.43. The maximum atomic E-state index is 4.48. The van der Waals surface area contributed by atoms with Gasteiger partial charge in [0.05, 0.1) is 0 Å². The predicted octanol–water partition coefficient (Wildman–Crippen LogP) is 4.09. The summed E-state index contributed by atoms with van der Waals surface area (Å²) in [6, 6.07) is 10.7. The SMILES string of the molecule is CN=C(NCC1CCC1)N1CCC(CSc2ccccc2)C1.I. The number of guanidine groups is 1. The summed E-state index contributed by atoms with van der Waals surface area (Å²) >= 11 is 1.98. The van der Waals surface area contributed by atoms with Crippen LogP contribution >= 0.6 is 35.7 Å². The third kappa shape index (κ3) is 5.55. The number of thioether (sulfide) groups is 1. The monoisotopic (exact) mass is 445 g/mol. The van der Waals surface area contributed by atoms with Gasteiger partial charge >= 0.3 is 0 Å². The van der Waals surface area contributed by atoms with Crippen molar-refractivity contribution in [3.05, 3.63) is 30.3 Å². The molecule has 1 aliphatic heterocycles. The minimum Gasteiger partial charge on any atom is -0.356 e. The van der Waals surface area contributed by atoms with Gasteiger partial charge in [0.2, 0.25) is 0 Å². The van der Waals surface area contributed by atoms with Crippen molar-refractivity contribution in [2.75, 3.05) is 32.4 Å². The summed E-state index contributed by atoms with van der Waals surface area (Å²) in [7, 11) is 1.91. The van der Waals surface area contributed by atoms with Gasteiger partial charge in [0.1, 0.15) is 0 Å². The van der Waals surface area contributed by atoms with E-state index in [9.17, 15) is 0 Å². The Bertz CT molecular complexity index is 490. The number of benzene rings is 1. The van der Waals surface area contributed by atoms with Crippen molar-refractivity contribution in [2.24, 2.45) is 16.8 Å². The zero-order valence-corrected chi connectivity index (χ0v) is 17.1. The van der Waals surface area contributed by atoms with Crippen molar-refractivity contribution in [2.45, 2.75) is 30.6 Å². The average Bonchev–Trinajstić information content (AvgIpc) is 2.97. The molecule has 128 valence electrons. The Hall–Kier alpha value is -0.430. The van der Waals surface area contributed by atoms with Crippen molar-refractivity contribution in [1.82, 2.24) is 10.2 Å². The van der Waals surface area contributed by atoms with Crippen LogP contribution in [0.4, 0.5) is 0 Å². The molecule has 0 spiro atoms. The highest BCUT2D eigenvalue weighted by atomic mass is 127. The number of likely N-dealkylation sites (tertiary alicyclic amines) is 1. The molecule has 2 aliphatic rings. The molecule has 0 radical (unpaired) electrons. The number of halogens is 1. The molecule has 1 aliphatic carbocycles. The minimum absolute atomic E-state index is 0. The summed E-state index contributed by atoms with van der Waals surface area (Å²) in [6.45, 7) is 3.39. The van der Waals surface area contributed by atoms with Crippen LogP contribution in [-0.4, -0.2) is 43.3 Å². The van der Waals surface area contributed by atoms with E-state index in [2.05, 4.69) is 45.5 Å². The fourth-order valence-electron chi connectivity index (χ4n) is 3.16. The Morgan fingerprint density at radius 2 is 2.00 bits per heavy atom. The fourth-order valence-corrected chi connectivity index (χ4v) is 4.21. The van der Waals surface area contributed by atoms with Gasteiger partial charge < -0.3 is 10.2 Å². The molecule has 0 bridgehead atoms. The second-order valence-corrected chi connectivity index (χ2v) is 7.54. The van der Waals surface area contributed by atoms with Crippen molar-refractivity contribution in [3.63, 3.8) is 0 Å². The van der Waals surface area contributed by atoms with Gasteiger partial charge in [0, 0.05) is 37.3 Å². The van der Waals surface area contributed by atoms with Gasteiger partial charge in [-0.1, -0.05) is 24.6 Å². The molecule has 1 saturated heterocycles. The molecular formula is C18H28IN3S. The van der Waals surface area contributed by atoms with Crippen LogP contribution in [0, 0.1) is 11.8 Å². The van der Waals surface area contributed by atoms with Gasteiger partial charge in [-0.25, -0.2) is 0 Å². The van der Waals surface area contributed by atoms with Crippen LogP contribution < -0.4 is 5.32 Å². The van der Waals surface area contributed by atoms with Crippen LogP contribution in [0.3, 0.4) is 0 Å². The summed E-state index contributed by atoms with van der Waals surface area (Å²) in [5.41, 5.74) is 0. The van der Waals surface area contributed by atoms with Crippen molar-refractivity contribution < 1.29 is 0 Å². The van der Waals surface area contributed by atoms with E-state index in [0.717, 1.165) is 37.4 Å². The first-order chi connectivity index (χ1) is 10.8. The summed E-state index contributed by atoms with van der Waals surface area (Å²) in [5.74, 6) is 3.97. The quantitative estimate of drug-likeness (QED) is 0.320. The average molecular weight is 445 g/mol. The number of nitrogens with one attached hydrogen (secondary N) is 1.